The summed E-state index contributed by atoms with van der Waals surface area (Å²) < 4.78 is 5.40. The maximum atomic E-state index is 12.0. The summed E-state index contributed by atoms with van der Waals surface area (Å²) in [6, 6.07) is 8.91. The predicted octanol–water partition coefficient (Wildman–Crippen LogP) is -0.137. The van der Waals surface area contributed by atoms with Gasteiger partial charge in [-0.3, -0.25) is 4.79 Å². The number of ether oxygens (including phenoxy) is 1. The minimum absolute atomic E-state index is 0.0924. The number of nitrogens with one attached hydrogen (secondary N) is 1. The zero-order chi connectivity index (χ0) is 13.9. The standard InChI is InChI=1S/C16H19NO3/c1-9-15-14(16(19)20-9)13(18)8-12-11-5-3-2-4-10(11)6-7-17(12)15/h2-5,9,12-15,18H,6-8H2,1H3/p+1/t9-,12-,13+,14-,15+/m0/s1. The first-order valence-corrected chi connectivity index (χ1v) is 7.49. The Hall–Kier alpha value is -1.39. The van der Waals surface area contributed by atoms with Crippen molar-refractivity contribution in [3.05, 3.63) is 35.4 Å². The number of hydrogen-bond acceptors (Lipinski definition) is 3. The monoisotopic (exact) mass is 274 g/mol. The Morgan fingerprint density at radius 3 is 3.00 bits per heavy atom. The van der Waals surface area contributed by atoms with Crippen LogP contribution in [0.5, 0.6) is 0 Å². The van der Waals surface area contributed by atoms with E-state index in [1.165, 1.54) is 16.0 Å². The average Bonchev–Trinajstić information content (AvgIpc) is 2.75. The van der Waals surface area contributed by atoms with Gasteiger partial charge in [-0.25, -0.2) is 0 Å². The first-order valence-electron chi connectivity index (χ1n) is 7.49. The number of rotatable bonds is 0. The van der Waals surface area contributed by atoms with E-state index in [1.54, 1.807) is 0 Å². The van der Waals surface area contributed by atoms with Gasteiger partial charge in [0.05, 0.1) is 12.6 Å². The third-order valence-corrected chi connectivity index (χ3v) is 5.35. The number of fused-ring (bicyclic) bond motifs is 5. The molecule has 0 aromatic heterocycles. The highest BCUT2D eigenvalue weighted by Gasteiger charge is 2.58. The number of aliphatic hydroxyl groups excluding tert-OH is 1. The van der Waals surface area contributed by atoms with E-state index in [0.717, 1.165) is 13.0 Å². The highest BCUT2D eigenvalue weighted by Crippen LogP contribution is 2.35. The van der Waals surface area contributed by atoms with E-state index < -0.39 is 6.10 Å². The van der Waals surface area contributed by atoms with E-state index in [2.05, 4.69) is 24.3 Å². The number of quaternary nitrogens is 1. The molecule has 0 amide bonds. The molecule has 3 aliphatic heterocycles. The molecule has 3 aliphatic rings. The van der Waals surface area contributed by atoms with Gasteiger partial charge >= 0.3 is 5.97 Å². The summed E-state index contributed by atoms with van der Waals surface area (Å²) >= 11 is 0. The van der Waals surface area contributed by atoms with Gasteiger partial charge < -0.3 is 14.7 Å². The number of carbonyl (C=O) groups excluding carboxylic acids is 1. The molecule has 0 spiro atoms. The Morgan fingerprint density at radius 2 is 2.15 bits per heavy atom. The van der Waals surface area contributed by atoms with E-state index in [-0.39, 0.29) is 24.0 Å². The molecule has 0 bridgehead atoms. The van der Waals surface area contributed by atoms with Crippen molar-refractivity contribution in [3.8, 4) is 0 Å². The predicted molar refractivity (Wildman–Crippen MR) is 72.2 cm³/mol. The van der Waals surface area contributed by atoms with Crippen molar-refractivity contribution < 1.29 is 19.5 Å². The van der Waals surface area contributed by atoms with Gasteiger partial charge in [-0.1, -0.05) is 24.3 Å². The molecule has 6 atom stereocenters. The molecule has 2 saturated heterocycles. The SMILES string of the molecule is C[C@@H]1OC(=O)[C@@H]2[C@@H]1[NH+]1CCc3ccccc3[C@@H]1C[C@H]2O. The number of esters is 1. The van der Waals surface area contributed by atoms with Crippen LogP contribution in [0.25, 0.3) is 0 Å². The fourth-order valence-corrected chi connectivity index (χ4v) is 4.52. The van der Waals surface area contributed by atoms with Crippen LogP contribution >= 0.6 is 0 Å². The third-order valence-electron chi connectivity index (χ3n) is 5.35. The zero-order valence-corrected chi connectivity index (χ0v) is 11.6. The smallest absolute Gasteiger partial charge is 0.318 e. The van der Waals surface area contributed by atoms with E-state index >= 15 is 0 Å². The highest BCUT2D eigenvalue weighted by atomic mass is 16.6. The summed E-state index contributed by atoms with van der Waals surface area (Å²) in [4.78, 5) is 13.4. The van der Waals surface area contributed by atoms with Crippen molar-refractivity contribution in [2.45, 2.75) is 44.1 Å². The molecule has 106 valence electrons. The molecule has 0 saturated carbocycles. The van der Waals surface area contributed by atoms with Gasteiger partial charge in [0.2, 0.25) is 0 Å². The van der Waals surface area contributed by atoms with Gasteiger partial charge in [0.25, 0.3) is 0 Å². The van der Waals surface area contributed by atoms with E-state index in [1.807, 2.05) is 6.92 Å². The molecule has 4 rings (SSSR count). The summed E-state index contributed by atoms with van der Waals surface area (Å²) in [5.74, 6) is -0.540. The lowest BCUT2D eigenvalue weighted by molar-refractivity contribution is -0.968. The normalized spacial score (nSPS) is 42.4. The van der Waals surface area contributed by atoms with Crippen molar-refractivity contribution in [1.29, 1.82) is 0 Å². The molecule has 1 aromatic rings. The number of carbonyl (C=O) groups is 1. The van der Waals surface area contributed by atoms with Gasteiger partial charge in [0, 0.05) is 18.4 Å². The van der Waals surface area contributed by atoms with Crippen molar-refractivity contribution in [2.75, 3.05) is 6.54 Å². The summed E-state index contributed by atoms with van der Waals surface area (Å²) in [6.07, 6.45) is 1.04. The minimum atomic E-state index is -0.572. The van der Waals surface area contributed by atoms with Gasteiger partial charge in [-0.05, 0) is 12.5 Å². The number of aliphatic hydroxyl groups is 1. The molecule has 0 aliphatic carbocycles. The molecule has 4 nitrogen and oxygen atoms in total. The largest absolute Gasteiger partial charge is 0.456 e. The molecule has 2 N–H and O–H groups in total. The molecule has 2 fully saturated rings. The van der Waals surface area contributed by atoms with Crippen LogP contribution in [0, 0.1) is 5.92 Å². The Bertz CT molecular complexity index is 558. The summed E-state index contributed by atoms with van der Waals surface area (Å²) in [6.45, 7) is 2.99. The molecular weight excluding hydrogens is 254 g/mol. The van der Waals surface area contributed by atoms with Crippen LogP contribution in [0.4, 0.5) is 0 Å². The van der Waals surface area contributed by atoms with Crippen LogP contribution in [0.2, 0.25) is 0 Å². The van der Waals surface area contributed by atoms with Gasteiger partial charge in [-0.15, -0.1) is 0 Å². The molecule has 20 heavy (non-hydrogen) atoms. The topological polar surface area (TPSA) is 51.0 Å². The second kappa shape index (κ2) is 4.30. The number of hydrogen-bond donors (Lipinski definition) is 2. The number of cyclic esters (lactones) is 1. The summed E-state index contributed by atoms with van der Waals surface area (Å²) in [5.41, 5.74) is 2.74. The fraction of sp³-hybridized carbons (Fsp3) is 0.562. The van der Waals surface area contributed by atoms with Crippen LogP contribution in [0.3, 0.4) is 0 Å². The van der Waals surface area contributed by atoms with Crippen LogP contribution in [-0.2, 0) is 16.0 Å². The van der Waals surface area contributed by atoms with Gasteiger partial charge in [-0.2, -0.15) is 0 Å². The second-order valence-corrected chi connectivity index (χ2v) is 6.32. The van der Waals surface area contributed by atoms with E-state index in [0.29, 0.717) is 12.5 Å². The first kappa shape index (κ1) is 12.4. The highest BCUT2D eigenvalue weighted by molar-refractivity contribution is 5.76. The summed E-state index contributed by atoms with van der Waals surface area (Å²) in [5, 5.41) is 10.4. The minimum Gasteiger partial charge on any atom is -0.456 e. The lowest BCUT2D eigenvalue weighted by Crippen LogP contribution is -3.20. The molecule has 3 heterocycles. The quantitative estimate of drug-likeness (QED) is 0.648. The molecule has 1 unspecified atom stereocenters. The lowest BCUT2D eigenvalue weighted by Gasteiger charge is -2.45. The Labute approximate surface area is 118 Å². The van der Waals surface area contributed by atoms with Crippen molar-refractivity contribution in [1.82, 2.24) is 0 Å². The maximum Gasteiger partial charge on any atom is 0.318 e. The van der Waals surface area contributed by atoms with Crippen molar-refractivity contribution >= 4 is 5.97 Å². The van der Waals surface area contributed by atoms with Gasteiger partial charge in [0.1, 0.15) is 18.0 Å². The molecule has 0 radical (unpaired) electrons. The van der Waals surface area contributed by atoms with Crippen LogP contribution in [0.15, 0.2) is 24.3 Å². The van der Waals surface area contributed by atoms with E-state index in [9.17, 15) is 9.90 Å². The van der Waals surface area contributed by atoms with E-state index in [4.69, 9.17) is 4.74 Å². The number of benzene rings is 1. The Kier molecular flexibility index (Phi) is 2.66. The zero-order valence-electron chi connectivity index (χ0n) is 11.6. The van der Waals surface area contributed by atoms with Crippen LogP contribution in [-0.4, -0.2) is 35.9 Å². The molecule has 4 heteroatoms. The van der Waals surface area contributed by atoms with Crippen molar-refractivity contribution in [3.63, 3.8) is 0 Å². The average molecular weight is 274 g/mol. The Morgan fingerprint density at radius 1 is 1.35 bits per heavy atom. The number of piperidine rings is 1. The lowest BCUT2D eigenvalue weighted by atomic mass is 9.77. The first-order chi connectivity index (χ1) is 9.66. The molecular formula is C16H20NO3+. The molecule has 1 aromatic carbocycles. The maximum absolute atomic E-state index is 12.0. The van der Waals surface area contributed by atoms with Crippen LogP contribution in [0.1, 0.15) is 30.5 Å². The van der Waals surface area contributed by atoms with Crippen LogP contribution < -0.4 is 4.90 Å². The fourth-order valence-electron chi connectivity index (χ4n) is 4.52. The second-order valence-electron chi connectivity index (χ2n) is 6.32. The third kappa shape index (κ3) is 1.58. The van der Waals surface area contributed by atoms with Gasteiger partial charge in [0.15, 0.2) is 6.10 Å². The Balaban J connectivity index is 1.76. The summed E-state index contributed by atoms with van der Waals surface area (Å²) in [7, 11) is 0. The van der Waals surface area contributed by atoms with Crippen molar-refractivity contribution in [2.24, 2.45) is 5.92 Å².